The quantitative estimate of drug-likeness (QED) is 0.482. The first-order valence-corrected chi connectivity index (χ1v) is 10.9. The van der Waals surface area contributed by atoms with E-state index in [0.29, 0.717) is 12.6 Å². The van der Waals surface area contributed by atoms with E-state index in [1.54, 1.807) is 28.4 Å². The molecule has 174 valence electrons. The third-order valence-electron chi connectivity index (χ3n) is 5.83. The molecule has 1 aromatic carbocycles. The fourth-order valence-electron chi connectivity index (χ4n) is 4.11. The van der Waals surface area contributed by atoms with Crippen molar-refractivity contribution in [2.75, 3.05) is 41.5 Å². The van der Waals surface area contributed by atoms with E-state index in [-0.39, 0.29) is 0 Å². The molecular weight excluding hydrogens is 406 g/mol. The smallest absolute Gasteiger partial charge is 0.191 e. The normalized spacial score (nSPS) is 16.7. The maximum atomic E-state index is 5.51. The van der Waals surface area contributed by atoms with Crippen LogP contribution in [-0.4, -0.2) is 63.4 Å². The van der Waals surface area contributed by atoms with Gasteiger partial charge in [-0.15, -0.1) is 0 Å². The monoisotopic (exact) mass is 441 g/mol. The van der Waals surface area contributed by atoms with E-state index in [9.17, 15) is 0 Å². The largest absolute Gasteiger partial charge is 0.497 e. The van der Waals surface area contributed by atoms with Crippen LogP contribution < -0.4 is 24.8 Å². The zero-order valence-corrected chi connectivity index (χ0v) is 20.0. The van der Waals surface area contributed by atoms with Gasteiger partial charge < -0.3 is 24.8 Å². The lowest BCUT2D eigenvalue weighted by molar-refractivity contribution is 0.321. The Hall–Kier alpha value is -3.00. The van der Waals surface area contributed by atoms with Crippen LogP contribution in [0.4, 0.5) is 0 Å². The average Bonchev–Trinajstić information content (AvgIpc) is 3.24. The Kier molecular flexibility index (Phi) is 8.16. The molecule has 2 N–H and O–H groups in total. The van der Waals surface area contributed by atoms with E-state index in [4.69, 9.17) is 14.2 Å². The minimum Gasteiger partial charge on any atom is -0.497 e. The zero-order valence-electron chi connectivity index (χ0n) is 20.0. The van der Waals surface area contributed by atoms with Gasteiger partial charge in [0, 0.05) is 56.1 Å². The van der Waals surface area contributed by atoms with Gasteiger partial charge in [0.15, 0.2) is 5.96 Å². The predicted molar refractivity (Wildman–Crippen MR) is 127 cm³/mol. The van der Waals surface area contributed by atoms with E-state index in [0.717, 1.165) is 66.1 Å². The highest BCUT2D eigenvalue weighted by Crippen LogP contribution is 2.25. The Morgan fingerprint density at radius 1 is 1.12 bits per heavy atom. The number of ether oxygens (including phenoxy) is 3. The third kappa shape index (κ3) is 5.82. The summed E-state index contributed by atoms with van der Waals surface area (Å²) in [6, 6.07) is 6.35. The molecular formula is C24H35N5O3. The van der Waals surface area contributed by atoms with Crippen molar-refractivity contribution in [3.8, 4) is 17.2 Å². The Morgan fingerprint density at radius 3 is 2.47 bits per heavy atom. The number of rotatable bonds is 8. The van der Waals surface area contributed by atoms with Crippen LogP contribution in [0.5, 0.6) is 17.2 Å². The number of aliphatic imine (C=N–C) groups is 1. The summed E-state index contributed by atoms with van der Waals surface area (Å²) >= 11 is 0. The van der Waals surface area contributed by atoms with Crippen LogP contribution in [0.2, 0.25) is 0 Å². The third-order valence-corrected chi connectivity index (χ3v) is 5.83. The molecule has 0 radical (unpaired) electrons. The van der Waals surface area contributed by atoms with E-state index in [2.05, 4.69) is 37.6 Å². The number of aromatic nitrogens is 1. The summed E-state index contributed by atoms with van der Waals surface area (Å²) in [4.78, 5) is 11.4. The van der Waals surface area contributed by atoms with Gasteiger partial charge in [0.05, 0.1) is 33.6 Å². The van der Waals surface area contributed by atoms with Crippen LogP contribution >= 0.6 is 0 Å². The lowest BCUT2D eigenvalue weighted by Gasteiger charge is -2.20. The molecule has 1 atom stereocenters. The summed E-state index contributed by atoms with van der Waals surface area (Å²) in [5.41, 5.74) is 4.22. The minimum atomic E-state index is 0.329. The number of pyridine rings is 1. The molecule has 2 aromatic rings. The molecule has 0 saturated carbocycles. The molecule has 0 amide bonds. The number of hydrogen-bond donors (Lipinski definition) is 2. The average molecular weight is 442 g/mol. The molecule has 0 aliphatic carbocycles. The van der Waals surface area contributed by atoms with Crippen molar-refractivity contribution in [3.63, 3.8) is 0 Å². The summed E-state index contributed by atoms with van der Waals surface area (Å²) in [7, 11) is 6.84. The lowest BCUT2D eigenvalue weighted by Crippen LogP contribution is -2.44. The molecule has 1 unspecified atom stereocenters. The van der Waals surface area contributed by atoms with Gasteiger partial charge in [-0.25, -0.2) is 0 Å². The number of benzene rings is 1. The fourth-order valence-corrected chi connectivity index (χ4v) is 4.11. The maximum Gasteiger partial charge on any atom is 0.191 e. The van der Waals surface area contributed by atoms with Gasteiger partial charge in [0.25, 0.3) is 0 Å². The number of hydrogen-bond acceptors (Lipinski definition) is 6. The van der Waals surface area contributed by atoms with Crippen LogP contribution in [0.3, 0.4) is 0 Å². The maximum absolute atomic E-state index is 5.51. The second kappa shape index (κ2) is 11.0. The van der Waals surface area contributed by atoms with Crippen LogP contribution in [0.15, 0.2) is 29.4 Å². The first-order chi connectivity index (χ1) is 15.5. The Morgan fingerprint density at radius 2 is 1.84 bits per heavy atom. The minimum absolute atomic E-state index is 0.329. The second-order valence-corrected chi connectivity index (χ2v) is 8.06. The second-order valence-electron chi connectivity index (χ2n) is 8.06. The zero-order chi connectivity index (χ0) is 23.1. The number of methoxy groups -OCH3 is 3. The molecule has 2 heterocycles. The van der Waals surface area contributed by atoms with Crippen molar-refractivity contribution in [2.45, 2.75) is 39.4 Å². The number of nitrogens with one attached hydrogen (secondary N) is 2. The summed E-state index contributed by atoms with van der Waals surface area (Å²) < 4.78 is 16.3. The van der Waals surface area contributed by atoms with Gasteiger partial charge >= 0.3 is 0 Å². The van der Waals surface area contributed by atoms with Crippen LogP contribution in [0.25, 0.3) is 0 Å². The van der Waals surface area contributed by atoms with E-state index < -0.39 is 0 Å². The van der Waals surface area contributed by atoms with Gasteiger partial charge in [-0.1, -0.05) is 0 Å². The van der Waals surface area contributed by atoms with Crippen molar-refractivity contribution in [1.29, 1.82) is 0 Å². The van der Waals surface area contributed by atoms with Gasteiger partial charge in [0.1, 0.15) is 17.2 Å². The van der Waals surface area contributed by atoms with Crippen molar-refractivity contribution < 1.29 is 14.2 Å². The molecule has 8 nitrogen and oxygen atoms in total. The molecule has 1 fully saturated rings. The predicted octanol–water partition coefficient (Wildman–Crippen LogP) is 2.66. The first-order valence-electron chi connectivity index (χ1n) is 10.9. The SMILES string of the molecule is CN=C(NCc1ncc(C)c(OC)c1C)NC1CCN(Cc2cc(OC)cc(OC)c2)C1. The lowest BCUT2D eigenvalue weighted by atomic mass is 10.1. The van der Waals surface area contributed by atoms with Crippen molar-refractivity contribution >= 4 is 5.96 Å². The van der Waals surface area contributed by atoms with Crippen molar-refractivity contribution in [1.82, 2.24) is 20.5 Å². The highest BCUT2D eigenvalue weighted by Gasteiger charge is 2.23. The highest BCUT2D eigenvalue weighted by atomic mass is 16.5. The number of nitrogens with zero attached hydrogens (tertiary/aromatic N) is 3. The number of aryl methyl sites for hydroxylation is 1. The van der Waals surface area contributed by atoms with E-state index >= 15 is 0 Å². The molecule has 3 rings (SSSR count). The fraction of sp³-hybridized carbons (Fsp3) is 0.500. The molecule has 1 aromatic heterocycles. The van der Waals surface area contributed by atoms with Gasteiger partial charge in [0.2, 0.25) is 0 Å². The van der Waals surface area contributed by atoms with Gasteiger partial charge in [-0.2, -0.15) is 0 Å². The summed E-state index contributed by atoms with van der Waals surface area (Å²) in [5, 5.41) is 6.93. The Labute approximate surface area is 191 Å². The first kappa shape index (κ1) is 23.7. The molecule has 1 aliphatic rings. The molecule has 1 saturated heterocycles. The van der Waals surface area contributed by atoms with Crippen molar-refractivity contribution in [3.05, 3.63) is 46.8 Å². The van der Waals surface area contributed by atoms with Crippen LogP contribution in [-0.2, 0) is 13.1 Å². The number of guanidine groups is 1. The van der Waals surface area contributed by atoms with E-state index in [1.165, 1.54) is 5.56 Å². The van der Waals surface area contributed by atoms with Crippen LogP contribution in [0.1, 0.15) is 28.8 Å². The number of likely N-dealkylation sites (tertiary alicyclic amines) is 1. The van der Waals surface area contributed by atoms with E-state index in [1.807, 2.05) is 26.1 Å². The summed E-state index contributed by atoms with van der Waals surface area (Å²) in [5.74, 6) is 3.30. The molecule has 8 heteroatoms. The molecule has 0 bridgehead atoms. The highest BCUT2D eigenvalue weighted by molar-refractivity contribution is 5.80. The van der Waals surface area contributed by atoms with Gasteiger partial charge in [-0.3, -0.25) is 14.9 Å². The Bertz CT molecular complexity index is 925. The van der Waals surface area contributed by atoms with Crippen molar-refractivity contribution in [2.24, 2.45) is 4.99 Å². The summed E-state index contributed by atoms with van der Waals surface area (Å²) in [6.45, 7) is 7.44. The summed E-state index contributed by atoms with van der Waals surface area (Å²) in [6.07, 6.45) is 2.90. The van der Waals surface area contributed by atoms with Crippen LogP contribution in [0, 0.1) is 13.8 Å². The topological polar surface area (TPSA) is 80.2 Å². The molecule has 0 spiro atoms. The molecule has 32 heavy (non-hydrogen) atoms. The molecule has 1 aliphatic heterocycles. The van der Waals surface area contributed by atoms with Gasteiger partial charge in [-0.05, 0) is 38.0 Å². The standard InChI is InChI=1S/C24H35N5O3/c1-16-12-26-22(17(2)23(16)32-6)13-27-24(25-3)28-19-7-8-29(15-19)14-18-9-20(30-4)11-21(10-18)31-5/h9-12,19H,7-8,13-15H2,1-6H3,(H2,25,27,28). The Balaban J connectivity index is 1.54.